The highest BCUT2D eigenvalue weighted by Crippen LogP contribution is 2.14. The molecule has 1 aromatic heterocycles. The average molecular weight is 533 g/mol. The van der Waals surface area contributed by atoms with Gasteiger partial charge < -0.3 is 34.3 Å². The Kier molecular flexibility index (Phi) is 15.6. The van der Waals surface area contributed by atoms with Crippen LogP contribution in [0.1, 0.15) is 56.5 Å². The van der Waals surface area contributed by atoms with E-state index in [2.05, 4.69) is 17.2 Å². The van der Waals surface area contributed by atoms with E-state index >= 15 is 0 Å². The van der Waals surface area contributed by atoms with Crippen LogP contribution in [0.4, 0.5) is 0 Å². The van der Waals surface area contributed by atoms with Crippen molar-refractivity contribution >= 4 is 22.8 Å². The molecule has 0 aliphatic rings. The molecule has 2 atom stereocenters. The van der Waals surface area contributed by atoms with Crippen LogP contribution in [0.3, 0.4) is 0 Å². The molecule has 2 aromatic rings. The molecule has 38 heavy (non-hydrogen) atoms. The van der Waals surface area contributed by atoms with Crippen LogP contribution < -0.4 is 10.7 Å². The topological polar surface area (TPSA) is 136 Å². The summed E-state index contributed by atoms with van der Waals surface area (Å²) in [5.41, 5.74) is 0.487. The fourth-order valence-electron chi connectivity index (χ4n) is 3.41. The predicted molar refractivity (Wildman–Crippen MR) is 145 cm³/mol. The van der Waals surface area contributed by atoms with Crippen molar-refractivity contribution in [3.63, 3.8) is 0 Å². The number of aliphatic hydroxyl groups is 1. The number of carboxylic acid groups (broad SMARTS) is 1. The van der Waals surface area contributed by atoms with E-state index in [0.717, 1.165) is 13.5 Å². The summed E-state index contributed by atoms with van der Waals surface area (Å²) in [6.07, 6.45) is 2.12. The standard InChI is InChI=1S/C27H36N2O7.CH4O/c1-5-14-35-19(3)20(4)36-25(30)11-12-28-13-16-34-15-7-8-21-9-10-24-22(17-21)26(31)23(27(32)33)18-29(24)6-2;1-2/h9-10,17-20,28H,5-6,11-16H2,1-4H3,(H,32,33);2H,1H3/t19?,20-;/m1./s1. The number of carbonyl (C=O) groups excluding carboxylic acids is 1. The Balaban J connectivity index is 0.00000352. The molecular formula is C28H40N2O8. The number of esters is 1. The monoisotopic (exact) mass is 532 g/mol. The number of nitrogens with zero attached hydrogens (tertiary/aromatic N) is 1. The lowest BCUT2D eigenvalue weighted by Crippen LogP contribution is -2.30. The number of nitrogens with one attached hydrogen (secondary N) is 1. The van der Waals surface area contributed by atoms with Crippen LogP contribution in [0.2, 0.25) is 0 Å². The van der Waals surface area contributed by atoms with E-state index in [1.807, 2.05) is 27.7 Å². The van der Waals surface area contributed by atoms with E-state index in [0.29, 0.717) is 49.3 Å². The molecule has 10 heteroatoms. The minimum Gasteiger partial charge on any atom is -0.477 e. The smallest absolute Gasteiger partial charge is 0.341 e. The van der Waals surface area contributed by atoms with E-state index in [1.54, 1.807) is 22.8 Å². The van der Waals surface area contributed by atoms with Crippen LogP contribution in [0.15, 0.2) is 29.2 Å². The number of hydrogen-bond acceptors (Lipinski definition) is 8. The van der Waals surface area contributed by atoms with E-state index in [9.17, 15) is 19.5 Å². The molecule has 0 aliphatic carbocycles. The SMILES string of the molecule is CCCOC(C)[C@@H](C)OC(=O)CCNCCOCC#Cc1ccc2c(c1)c(=O)c(C(=O)O)cn2CC.CO. The van der Waals surface area contributed by atoms with Crippen molar-refractivity contribution in [2.24, 2.45) is 0 Å². The van der Waals surface area contributed by atoms with Gasteiger partial charge in [0, 0.05) is 50.5 Å². The molecular weight excluding hydrogens is 492 g/mol. The van der Waals surface area contributed by atoms with Gasteiger partial charge in [-0.25, -0.2) is 4.79 Å². The van der Waals surface area contributed by atoms with Crippen LogP contribution in [0.5, 0.6) is 0 Å². The number of carboxylic acids is 1. The van der Waals surface area contributed by atoms with Gasteiger partial charge in [-0.15, -0.1) is 0 Å². The first-order chi connectivity index (χ1) is 18.3. The van der Waals surface area contributed by atoms with Gasteiger partial charge in [-0.3, -0.25) is 9.59 Å². The van der Waals surface area contributed by atoms with Crippen molar-refractivity contribution in [3.05, 3.63) is 45.7 Å². The van der Waals surface area contributed by atoms with Gasteiger partial charge in [0.2, 0.25) is 5.43 Å². The van der Waals surface area contributed by atoms with Crippen LogP contribution in [-0.4, -0.2) is 78.9 Å². The summed E-state index contributed by atoms with van der Waals surface area (Å²) in [5.74, 6) is 4.32. The van der Waals surface area contributed by atoms with Gasteiger partial charge >= 0.3 is 11.9 Å². The molecule has 0 fully saturated rings. The first-order valence-corrected chi connectivity index (χ1v) is 12.7. The van der Waals surface area contributed by atoms with Crippen molar-refractivity contribution in [2.75, 3.05) is 40.0 Å². The predicted octanol–water partition coefficient (Wildman–Crippen LogP) is 2.42. The van der Waals surface area contributed by atoms with Crippen molar-refractivity contribution in [1.29, 1.82) is 0 Å². The van der Waals surface area contributed by atoms with E-state index in [4.69, 9.17) is 19.3 Å². The molecule has 10 nitrogen and oxygen atoms in total. The van der Waals surface area contributed by atoms with Gasteiger partial charge in [-0.1, -0.05) is 18.8 Å². The number of pyridine rings is 1. The molecule has 0 spiro atoms. The largest absolute Gasteiger partial charge is 0.477 e. The Morgan fingerprint density at radius 2 is 1.84 bits per heavy atom. The molecule has 0 aliphatic heterocycles. The van der Waals surface area contributed by atoms with Crippen molar-refractivity contribution in [3.8, 4) is 11.8 Å². The zero-order valence-corrected chi connectivity index (χ0v) is 22.9. The number of aromatic carboxylic acids is 1. The highest BCUT2D eigenvalue weighted by molar-refractivity contribution is 5.92. The summed E-state index contributed by atoms with van der Waals surface area (Å²) in [7, 11) is 1.00. The Labute approximate surface area is 223 Å². The molecule has 0 saturated heterocycles. The summed E-state index contributed by atoms with van der Waals surface area (Å²) >= 11 is 0. The van der Waals surface area contributed by atoms with Crippen molar-refractivity contribution in [1.82, 2.24) is 9.88 Å². The number of rotatable bonds is 14. The van der Waals surface area contributed by atoms with Crippen LogP contribution in [0.25, 0.3) is 10.9 Å². The molecule has 0 bridgehead atoms. The Morgan fingerprint density at radius 1 is 1.11 bits per heavy atom. The molecule has 3 N–H and O–H groups in total. The third-order valence-corrected chi connectivity index (χ3v) is 5.55. The van der Waals surface area contributed by atoms with Crippen LogP contribution in [-0.2, 0) is 25.5 Å². The van der Waals surface area contributed by atoms with Gasteiger partial charge in [0.15, 0.2) is 0 Å². The molecule has 1 heterocycles. The number of benzene rings is 1. The lowest BCUT2D eigenvalue weighted by atomic mass is 10.1. The number of fused-ring (bicyclic) bond motifs is 1. The van der Waals surface area contributed by atoms with Gasteiger partial charge in [-0.05, 0) is 45.4 Å². The van der Waals surface area contributed by atoms with E-state index in [1.165, 1.54) is 6.20 Å². The second kappa shape index (κ2) is 18.1. The Hall–Kier alpha value is -3.23. The maximum Gasteiger partial charge on any atom is 0.341 e. The van der Waals surface area contributed by atoms with Crippen LogP contribution >= 0.6 is 0 Å². The zero-order chi connectivity index (χ0) is 28.5. The number of aromatic nitrogens is 1. The number of hydrogen-bond donors (Lipinski definition) is 3. The average Bonchev–Trinajstić information content (AvgIpc) is 2.91. The van der Waals surface area contributed by atoms with E-state index < -0.39 is 11.4 Å². The van der Waals surface area contributed by atoms with Gasteiger partial charge in [0.1, 0.15) is 18.3 Å². The molecule has 210 valence electrons. The number of aliphatic hydroxyl groups excluding tert-OH is 1. The lowest BCUT2D eigenvalue weighted by Gasteiger charge is -2.20. The normalized spacial score (nSPS) is 12.1. The summed E-state index contributed by atoms with van der Waals surface area (Å²) in [5, 5.41) is 19.8. The molecule has 1 aromatic carbocycles. The first-order valence-electron chi connectivity index (χ1n) is 12.7. The highest BCUT2D eigenvalue weighted by atomic mass is 16.6. The van der Waals surface area contributed by atoms with Gasteiger partial charge in [0.05, 0.1) is 24.6 Å². The van der Waals surface area contributed by atoms with E-state index in [-0.39, 0.29) is 36.8 Å². The lowest BCUT2D eigenvalue weighted by molar-refractivity contribution is -0.155. The second-order valence-corrected chi connectivity index (χ2v) is 8.32. The van der Waals surface area contributed by atoms with Crippen LogP contribution in [0, 0.1) is 11.8 Å². The zero-order valence-electron chi connectivity index (χ0n) is 22.9. The summed E-state index contributed by atoms with van der Waals surface area (Å²) < 4.78 is 18.1. The third kappa shape index (κ3) is 10.6. The number of carbonyl (C=O) groups is 2. The molecule has 0 radical (unpaired) electrons. The minimum atomic E-state index is -1.25. The molecule has 0 amide bonds. The fourth-order valence-corrected chi connectivity index (χ4v) is 3.41. The number of ether oxygens (including phenoxy) is 3. The quantitative estimate of drug-likeness (QED) is 0.190. The molecule has 1 unspecified atom stereocenters. The first kappa shape index (κ1) is 32.8. The maximum atomic E-state index is 12.5. The molecule has 2 rings (SSSR count). The second-order valence-electron chi connectivity index (χ2n) is 8.32. The maximum absolute atomic E-state index is 12.5. The Bertz CT molecular complexity index is 1150. The third-order valence-electron chi connectivity index (χ3n) is 5.55. The minimum absolute atomic E-state index is 0.136. The number of aryl methyl sites for hydroxylation is 1. The fraction of sp³-hybridized carbons (Fsp3) is 0.536. The summed E-state index contributed by atoms with van der Waals surface area (Å²) in [6, 6.07) is 5.17. The molecule has 0 saturated carbocycles. The summed E-state index contributed by atoms with van der Waals surface area (Å²) in [4.78, 5) is 35.9. The van der Waals surface area contributed by atoms with Crippen molar-refractivity contribution < 1.29 is 34.0 Å². The van der Waals surface area contributed by atoms with Gasteiger partial charge in [0.25, 0.3) is 0 Å². The Morgan fingerprint density at radius 3 is 2.50 bits per heavy atom. The summed E-state index contributed by atoms with van der Waals surface area (Å²) in [6.45, 7) is 10.5. The highest BCUT2D eigenvalue weighted by Gasteiger charge is 2.17. The van der Waals surface area contributed by atoms with Crippen molar-refractivity contribution in [2.45, 2.75) is 59.3 Å². The van der Waals surface area contributed by atoms with Gasteiger partial charge in [-0.2, -0.15) is 0 Å².